The molecule has 0 spiro atoms. The van der Waals surface area contributed by atoms with E-state index in [0.29, 0.717) is 0 Å². The molecule has 1 rings (SSSR count). The number of hydrogen-bond acceptors (Lipinski definition) is 0. The standard InChI is InChI=1S/C8H12N/c1-4-8-6-9(3)5-7(8)2/h6H,4H2,1-3H3. The highest BCUT2D eigenvalue weighted by molar-refractivity contribution is 5.20. The van der Waals surface area contributed by atoms with Crippen LogP contribution in [-0.2, 0) is 13.5 Å². The Morgan fingerprint density at radius 3 is 2.56 bits per heavy atom. The van der Waals surface area contributed by atoms with Gasteiger partial charge in [-0.3, -0.25) is 0 Å². The van der Waals surface area contributed by atoms with E-state index in [1.54, 1.807) is 0 Å². The largest absolute Gasteiger partial charge is 0.349 e. The van der Waals surface area contributed by atoms with Crippen LogP contribution >= 0.6 is 0 Å². The van der Waals surface area contributed by atoms with E-state index in [-0.39, 0.29) is 0 Å². The molecule has 0 saturated heterocycles. The van der Waals surface area contributed by atoms with E-state index in [9.17, 15) is 0 Å². The van der Waals surface area contributed by atoms with Crippen LogP contribution in [0, 0.1) is 13.1 Å². The molecule has 0 aliphatic rings. The maximum atomic E-state index is 3.18. The van der Waals surface area contributed by atoms with E-state index >= 15 is 0 Å². The van der Waals surface area contributed by atoms with Gasteiger partial charge in [-0.25, -0.2) is 0 Å². The van der Waals surface area contributed by atoms with Crippen LogP contribution in [0.5, 0.6) is 0 Å². The number of nitrogens with zero attached hydrogens (tertiary/aromatic N) is 1. The Morgan fingerprint density at radius 2 is 2.33 bits per heavy atom. The van der Waals surface area contributed by atoms with E-state index in [2.05, 4.69) is 26.2 Å². The Morgan fingerprint density at radius 1 is 1.67 bits per heavy atom. The first kappa shape index (κ1) is 6.40. The van der Waals surface area contributed by atoms with Gasteiger partial charge in [0.2, 0.25) is 0 Å². The van der Waals surface area contributed by atoms with Crippen molar-refractivity contribution in [3.05, 3.63) is 23.5 Å². The molecule has 0 aromatic carbocycles. The molecular weight excluding hydrogens is 110 g/mol. The molecule has 1 heteroatoms. The van der Waals surface area contributed by atoms with Crippen LogP contribution < -0.4 is 0 Å². The van der Waals surface area contributed by atoms with Gasteiger partial charge in [-0.1, -0.05) is 6.92 Å². The lowest BCUT2D eigenvalue weighted by atomic mass is 10.2. The van der Waals surface area contributed by atoms with Crippen LogP contribution in [0.1, 0.15) is 18.1 Å². The summed E-state index contributed by atoms with van der Waals surface area (Å²) in [6.07, 6.45) is 6.41. The summed E-state index contributed by atoms with van der Waals surface area (Å²) < 4.78 is 1.98. The Hall–Kier alpha value is -0.720. The van der Waals surface area contributed by atoms with Gasteiger partial charge < -0.3 is 4.57 Å². The van der Waals surface area contributed by atoms with Crippen molar-refractivity contribution >= 4 is 0 Å². The van der Waals surface area contributed by atoms with Crippen molar-refractivity contribution in [2.45, 2.75) is 20.3 Å². The summed E-state index contributed by atoms with van der Waals surface area (Å²) in [5, 5.41) is 0. The SMILES string of the molecule is CCc1cn(C)[c]c1C. The van der Waals surface area contributed by atoms with Gasteiger partial charge in [-0.15, -0.1) is 0 Å². The molecule has 1 aromatic heterocycles. The second kappa shape index (κ2) is 2.26. The normalized spacial score (nSPS) is 10.1. The predicted molar refractivity (Wildman–Crippen MR) is 38.4 cm³/mol. The molecule has 1 radical (unpaired) electrons. The Bertz CT molecular complexity index is 198. The zero-order valence-corrected chi connectivity index (χ0v) is 6.23. The van der Waals surface area contributed by atoms with Crippen molar-refractivity contribution in [3.63, 3.8) is 0 Å². The number of hydrogen-bond donors (Lipinski definition) is 0. The van der Waals surface area contributed by atoms with Crippen LogP contribution in [0.25, 0.3) is 0 Å². The lowest BCUT2D eigenvalue weighted by molar-refractivity contribution is 0.910. The molecule has 0 amide bonds. The third-order valence-corrected chi connectivity index (χ3v) is 1.56. The van der Waals surface area contributed by atoms with Crippen molar-refractivity contribution < 1.29 is 0 Å². The first-order valence-corrected chi connectivity index (χ1v) is 3.28. The minimum atomic E-state index is 1.11. The van der Waals surface area contributed by atoms with E-state index in [1.165, 1.54) is 11.1 Å². The van der Waals surface area contributed by atoms with E-state index < -0.39 is 0 Å². The van der Waals surface area contributed by atoms with Gasteiger partial charge in [0.1, 0.15) is 0 Å². The molecule has 1 aromatic rings. The van der Waals surface area contributed by atoms with Gasteiger partial charge in [0.05, 0.1) is 6.20 Å². The summed E-state index contributed by atoms with van der Waals surface area (Å²) in [5.74, 6) is 0. The highest BCUT2D eigenvalue weighted by Crippen LogP contribution is 2.06. The second-order valence-corrected chi connectivity index (χ2v) is 2.36. The fourth-order valence-electron chi connectivity index (χ4n) is 1.06. The predicted octanol–water partition coefficient (Wildman–Crippen LogP) is 1.70. The van der Waals surface area contributed by atoms with Crippen molar-refractivity contribution in [2.24, 2.45) is 7.05 Å². The van der Waals surface area contributed by atoms with Gasteiger partial charge in [0.15, 0.2) is 0 Å². The number of aryl methyl sites for hydroxylation is 3. The van der Waals surface area contributed by atoms with Crippen LogP contribution in [-0.4, -0.2) is 4.57 Å². The first-order valence-electron chi connectivity index (χ1n) is 3.28. The number of rotatable bonds is 1. The summed E-state index contributed by atoms with van der Waals surface area (Å²) in [5.41, 5.74) is 2.68. The zero-order chi connectivity index (χ0) is 6.85. The van der Waals surface area contributed by atoms with Gasteiger partial charge in [0, 0.05) is 13.2 Å². The van der Waals surface area contributed by atoms with Crippen molar-refractivity contribution in [3.8, 4) is 0 Å². The monoisotopic (exact) mass is 122 g/mol. The fraction of sp³-hybridized carbons (Fsp3) is 0.500. The molecule has 49 valence electrons. The molecule has 0 fully saturated rings. The third kappa shape index (κ3) is 1.15. The van der Waals surface area contributed by atoms with Crippen molar-refractivity contribution in [1.82, 2.24) is 4.57 Å². The van der Waals surface area contributed by atoms with E-state index in [1.807, 2.05) is 11.6 Å². The Labute approximate surface area is 56.3 Å². The fourth-order valence-corrected chi connectivity index (χ4v) is 1.06. The summed E-state index contributed by atoms with van der Waals surface area (Å²) in [4.78, 5) is 0. The highest BCUT2D eigenvalue weighted by Gasteiger charge is 1.96. The smallest absolute Gasteiger partial charge is 0.0680 e. The lowest BCUT2D eigenvalue weighted by Crippen LogP contribution is -1.79. The van der Waals surface area contributed by atoms with Crippen molar-refractivity contribution in [2.75, 3.05) is 0 Å². The minimum Gasteiger partial charge on any atom is -0.349 e. The Kier molecular flexibility index (Phi) is 1.60. The summed E-state index contributed by atoms with van der Waals surface area (Å²) in [7, 11) is 2.01. The average molecular weight is 122 g/mol. The first-order chi connectivity index (χ1) is 4.24. The van der Waals surface area contributed by atoms with Gasteiger partial charge in [-0.2, -0.15) is 0 Å². The third-order valence-electron chi connectivity index (χ3n) is 1.56. The quantitative estimate of drug-likeness (QED) is 0.534. The molecule has 1 heterocycles. The van der Waals surface area contributed by atoms with Crippen LogP contribution in [0.2, 0.25) is 0 Å². The molecule has 0 aliphatic carbocycles. The van der Waals surface area contributed by atoms with Gasteiger partial charge >= 0.3 is 0 Å². The summed E-state index contributed by atoms with van der Waals surface area (Å²) >= 11 is 0. The van der Waals surface area contributed by atoms with Crippen LogP contribution in [0.3, 0.4) is 0 Å². The van der Waals surface area contributed by atoms with Crippen LogP contribution in [0.4, 0.5) is 0 Å². The number of aromatic nitrogens is 1. The van der Waals surface area contributed by atoms with Crippen molar-refractivity contribution in [1.29, 1.82) is 0 Å². The van der Waals surface area contributed by atoms with Crippen LogP contribution in [0.15, 0.2) is 6.20 Å². The zero-order valence-electron chi connectivity index (χ0n) is 6.23. The summed E-state index contributed by atoms with van der Waals surface area (Å²) in [6.45, 7) is 4.26. The molecule has 0 bridgehead atoms. The highest BCUT2D eigenvalue weighted by atomic mass is 14.9. The molecule has 9 heavy (non-hydrogen) atoms. The van der Waals surface area contributed by atoms with E-state index in [4.69, 9.17) is 0 Å². The molecule has 0 saturated carbocycles. The minimum absolute atomic E-state index is 1.11. The molecule has 1 nitrogen and oxygen atoms in total. The molecule has 0 aliphatic heterocycles. The summed E-state index contributed by atoms with van der Waals surface area (Å²) in [6, 6.07) is 0. The molecule has 0 atom stereocenters. The van der Waals surface area contributed by atoms with Gasteiger partial charge in [0.25, 0.3) is 0 Å². The van der Waals surface area contributed by atoms with Gasteiger partial charge in [-0.05, 0) is 24.5 Å². The molecular formula is C8H12N. The molecule has 0 N–H and O–H groups in total. The maximum absolute atomic E-state index is 3.18. The second-order valence-electron chi connectivity index (χ2n) is 2.36. The lowest BCUT2D eigenvalue weighted by Gasteiger charge is -1.87. The topological polar surface area (TPSA) is 4.93 Å². The Balaban J connectivity index is 3.01. The van der Waals surface area contributed by atoms with E-state index in [0.717, 1.165) is 6.42 Å². The maximum Gasteiger partial charge on any atom is 0.0680 e. The molecule has 0 unspecified atom stereocenters. The average Bonchev–Trinajstić information content (AvgIpc) is 2.10.